The van der Waals surface area contributed by atoms with Crippen molar-refractivity contribution in [2.75, 3.05) is 25.1 Å². The predicted molar refractivity (Wildman–Crippen MR) is 254 cm³/mol. The number of H-pyrrole nitrogens is 1. The lowest BCUT2D eigenvalue weighted by Gasteiger charge is -2.48. The number of anilines is 1. The molecule has 0 radical (unpaired) electrons. The number of amides is 5. The Bertz CT molecular complexity index is 2380. The third-order valence-corrected chi connectivity index (χ3v) is 12.0. The number of aryl methyl sites for hydroxylation is 1. The summed E-state index contributed by atoms with van der Waals surface area (Å²) in [5.74, 6) is -0.471. The van der Waals surface area contributed by atoms with Gasteiger partial charge in [-0.1, -0.05) is 24.3 Å². The third kappa shape index (κ3) is 14.8. The van der Waals surface area contributed by atoms with E-state index in [9.17, 15) is 24.0 Å². The lowest BCUT2D eigenvalue weighted by molar-refractivity contribution is -0.130. The van der Waals surface area contributed by atoms with Crippen LogP contribution in [0.15, 0.2) is 60.8 Å². The summed E-state index contributed by atoms with van der Waals surface area (Å²) in [6.07, 6.45) is 4.97. The number of carbonyl (C=O) groups excluding carboxylic acids is 5. The topological polar surface area (TPSA) is 269 Å². The average Bonchev–Trinajstić information content (AvgIpc) is 3.83. The maximum Gasteiger partial charge on any atom is 0.410 e. The highest BCUT2D eigenvalue weighted by Gasteiger charge is 2.44. The molecule has 2 saturated heterocycles. The van der Waals surface area contributed by atoms with Crippen LogP contribution < -0.4 is 21.3 Å². The molecule has 1 aliphatic carbocycles. The zero-order valence-corrected chi connectivity index (χ0v) is 40.2. The number of tetrazole rings is 1. The van der Waals surface area contributed by atoms with Crippen molar-refractivity contribution in [1.82, 2.24) is 46.5 Å². The first-order valence-electron chi connectivity index (χ1n) is 23.2. The number of benzene rings is 2. The number of rotatable bonds is 12. The van der Waals surface area contributed by atoms with E-state index >= 15 is 0 Å². The summed E-state index contributed by atoms with van der Waals surface area (Å²) in [7, 11) is 0. The second kappa shape index (κ2) is 22.9. The molecule has 2 aromatic heterocycles. The minimum Gasteiger partial charge on any atom is -0.483 e. The van der Waals surface area contributed by atoms with E-state index in [4.69, 9.17) is 24.1 Å². The molecule has 3 fully saturated rings. The number of morpholine rings is 1. The van der Waals surface area contributed by atoms with Gasteiger partial charge < -0.3 is 40.6 Å². The molecule has 4 heterocycles. The van der Waals surface area contributed by atoms with E-state index in [1.165, 1.54) is 0 Å². The maximum atomic E-state index is 13.9. The number of fused-ring (bicyclic) bond motifs is 2. The molecule has 20 nitrogen and oxygen atoms in total. The molecule has 2 unspecified atom stereocenters. The van der Waals surface area contributed by atoms with Gasteiger partial charge in [-0.05, 0) is 145 Å². The number of alkyl carbamates (subject to hydrolysis) is 1. The minimum absolute atomic E-state index is 0.154. The van der Waals surface area contributed by atoms with E-state index in [0.717, 1.165) is 40.7 Å². The second-order valence-electron chi connectivity index (χ2n) is 19.7. The molecule has 0 spiro atoms. The number of nitrogens with zero attached hydrogens (tertiary/aromatic N) is 5. The van der Waals surface area contributed by atoms with Crippen LogP contribution in [0.2, 0.25) is 0 Å². The van der Waals surface area contributed by atoms with Crippen molar-refractivity contribution in [2.45, 2.75) is 129 Å². The van der Waals surface area contributed by atoms with Crippen molar-refractivity contribution >= 4 is 42.1 Å². The number of hydrogen-bond donors (Lipinski definition) is 6. The molecule has 6 N–H and O–H groups in total. The van der Waals surface area contributed by atoms with Crippen LogP contribution in [-0.2, 0) is 35.0 Å². The van der Waals surface area contributed by atoms with Crippen LogP contribution in [0.5, 0.6) is 0 Å². The van der Waals surface area contributed by atoms with Gasteiger partial charge in [0, 0.05) is 47.9 Å². The molecular formula is C49H64N10O10. The fourth-order valence-corrected chi connectivity index (χ4v) is 8.83. The quantitative estimate of drug-likeness (QED) is 0.0913. The predicted octanol–water partition coefficient (Wildman–Crippen LogP) is 5.83. The smallest absolute Gasteiger partial charge is 0.410 e. The zero-order chi connectivity index (χ0) is 49.9. The summed E-state index contributed by atoms with van der Waals surface area (Å²) >= 11 is 0. The fourth-order valence-electron chi connectivity index (χ4n) is 8.83. The van der Waals surface area contributed by atoms with Gasteiger partial charge in [-0.2, -0.15) is 5.21 Å². The Kier molecular flexibility index (Phi) is 17.1. The van der Waals surface area contributed by atoms with E-state index in [-0.39, 0.29) is 66.7 Å². The molecule has 1 saturated carbocycles. The number of pyridine rings is 1. The molecule has 3 aliphatic rings. The first kappa shape index (κ1) is 51.4. The Morgan fingerprint density at radius 2 is 1.52 bits per heavy atom. The van der Waals surface area contributed by atoms with Crippen molar-refractivity contribution in [3.63, 3.8) is 0 Å². The van der Waals surface area contributed by atoms with E-state index in [1.807, 2.05) is 72.7 Å². The Morgan fingerprint density at radius 1 is 0.899 bits per heavy atom. The van der Waals surface area contributed by atoms with E-state index < -0.39 is 23.3 Å². The summed E-state index contributed by atoms with van der Waals surface area (Å²) < 4.78 is 16.8. The third-order valence-electron chi connectivity index (χ3n) is 12.0. The number of hydrogen-bond acceptors (Lipinski definition) is 13. The molecule has 7 rings (SSSR count). The lowest BCUT2D eigenvalue weighted by Crippen LogP contribution is -2.63. The van der Waals surface area contributed by atoms with Gasteiger partial charge in [-0.25, -0.2) is 9.59 Å². The summed E-state index contributed by atoms with van der Waals surface area (Å²) in [4.78, 5) is 81.1. The Labute approximate surface area is 401 Å². The summed E-state index contributed by atoms with van der Waals surface area (Å²) in [6, 6.07) is 15.1. The van der Waals surface area contributed by atoms with Crippen molar-refractivity contribution in [2.24, 2.45) is 11.8 Å². The minimum atomic E-state index is -0.885. The molecule has 3 atom stereocenters. The highest BCUT2D eigenvalue weighted by atomic mass is 16.6. The molecule has 370 valence electrons. The first-order valence-corrected chi connectivity index (χ1v) is 23.2. The molecule has 4 aromatic rings. The van der Waals surface area contributed by atoms with Gasteiger partial charge in [0.25, 0.3) is 12.4 Å². The van der Waals surface area contributed by atoms with Gasteiger partial charge in [0.1, 0.15) is 22.9 Å². The number of piperidine rings is 1. The number of aromatic nitrogens is 5. The first-order chi connectivity index (χ1) is 32.8. The summed E-state index contributed by atoms with van der Waals surface area (Å²) in [5, 5.41) is 33.0. The SMILES string of the molecule is Cc1cc(C(=O)NC2CC3COCC(C2)N3C(=O)OC(C)(C)C)ncc1-c1ccc(C[C@H](NC(=O)C2CCC(CNC(=O)OC(C)(C)C)CC2)C(=O)Nc2ccc(-c3nn[nH]n3)cc2)cc1.O=CO. The molecule has 5 amide bonds. The highest BCUT2D eigenvalue weighted by molar-refractivity contribution is 5.98. The van der Waals surface area contributed by atoms with Gasteiger partial charge in [-0.15, -0.1) is 10.2 Å². The summed E-state index contributed by atoms with van der Waals surface area (Å²) in [5.41, 5.74) is 3.77. The van der Waals surface area contributed by atoms with Gasteiger partial charge in [0.2, 0.25) is 17.6 Å². The number of aromatic amines is 1. The average molecular weight is 953 g/mol. The molecule has 2 bridgehead atoms. The van der Waals surface area contributed by atoms with Crippen molar-refractivity contribution in [3.8, 4) is 22.5 Å². The number of carboxylic acid groups (broad SMARTS) is 1. The van der Waals surface area contributed by atoms with Gasteiger partial charge in [-0.3, -0.25) is 29.1 Å². The van der Waals surface area contributed by atoms with Crippen molar-refractivity contribution < 1.29 is 48.1 Å². The number of carbonyl (C=O) groups is 6. The Balaban J connectivity index is 0.00000254. The van der Waals surface area contributed by atoms with E-state index in [1.54, 1.807) is 41.4 Å². The second-order valence-corrected chi connectivity index (χ2v) is 19.7. The largest absolute Gasteiger partial charge is 0.483 e. The Morgan fingerprint density at radius 3 is 2.10 bits per heavy atom. The molecule has 2 aliphatic heterocycles. The van der Waals surface area contributed by atoms with Crippen LogP contribution in [0.3, 0.4) is 0 Å². The van der Waals surface area contributed by atoms with E-state index in [0.29, 0.717) is 62.6 Å². The maximum absolute atomic E-state index is 13.9. The molecular weight excluding hydrogens is 889 g/mol. The summed E-state index contributed by atoms with van der Waals surface area (Å²) in [6.45, 7) is 13.9. The van der Waals surface area contributed by atoms with E-state index in [2.05, 4.69) is 46.9 Å². The molecule has 69 heavy (non-hydrogen) atoms. The monoisotopic (exact) mass is 952 g/mol. The van der Waals surface area contributed by atoms with Crippen LogP contribution in [0.25, 0.3) is 22.5 Å². The molecule has 20 heteroatoms. The van der Waals surface area contributed by atoms with Crippen LogP contribution in [0.4, 0.5) is 15.3 Å². The van der Waals surface area contributed by atoms with Crippen LogP contribution in [0.1, 0.15) is 102 Å². The van der Waals surface area contributed by atoms with Crippen LogP contribution in [0, 0.1) is 18.8 Å². The van der Waals surface area contributed by atoms with Gasteiger partial charge in [0.15, 0.2) is 0 Å². The lowest BCUT2D eigenvalue weighted by atomic mass is 9.81. The van der Waals surface area contributed by atoms with Gasteiger partial charge in [0.05, 0.1) is 25.3 Å². The normalized spacial score (nSPS) is 20.4. The van der Waals surface area contributed by atoms with Crippen molar-refractivity contribution in [1.29, 1.82) is 0 Å². The standard InChI is InChI=1S/C48H62N10O8.CH2O2/c1-28-20-39(43(60)52-35-22-36-26-64-27-37(23-35)58(36)46(63)66-48(5,6)7)49-25-38(28)31-12-8-29(9-13-31)21-40(44(61)51-34-18-16-32(17-19-34)41-54-56-57-55-41)53-42(59)33-14-10-30(11-15-33)24-50-45(62)65-47(2,3)4;2-1-3/h8-9,12-13,16-20,25,30,33,35-37,40H,10-11,14-15,21-24,26-27H2,1-7H3,(H,50,62)(H,51,61)(H,52,60)(H,53,59)(H,54,55,56,57);1H,(H,2,3)/t30?,33?,35?,36?,37?,40-;/m0./s1. The van der Waals surface area contributed by atoms with Crippen molar-refractivity contribution in [3.05, 3.63) is 77.6 Å². The number of ether oxygens (including phenoxy) is 3. The van der Waals surface area contributed by atoms with Gasteiger partial charge >= 0.3 is 12.2 Å². The fraction of sp³-hybridized carbons (Fsp3) is 0.510. The number of nitrogens with one attached hydrogen (secondary N) is 5. The highest BCUT2D eigenvalue weighted by Crippen LogP contribution is 2.32. The Hall–Kier alpha value is -6.96. The van der Waals surface area contributed by atoms with Crippen LogP contribution >= 0.6 is 0 Å². The molecule has 2 aromatic carbocycles. The zero-order valence-electron chi connectivity index (χ0n) is 40.2. The van der Waals surface area contributed by atoms with Crippen LogP contribution in [-0.4, -0.2) is 127 Å².